The first-order chi connectivity index (χ1) is 10.7. The number of aryl methyl sites for hydroxylation is 1. The van der Waals surface area contributed by atoms with Gasteiger partial charge in [0.2, 0.25) is 0 Å². The third-order valence-corrected chi connectivity index (χ3v) is 5.36. The summed E-state index contributed by atoms with van der Waals surface area (Å²) in [7, 11) is 0. The van der Waals surface area contributed by atoms with Crippen molar-refractivity contribution in [2.45, 2.75) is 19.4 Å². The Hall–Kier alpha value is -1.30. The molecule has 5 heteroatoms. The zero-order chi connectivity index (χ0) is 15.5. The summed E-state index contributed by atoms with van der Waals surface area (Å²) < 4.78 is 27.6. The standard InChI is InChI=1S/C17H20F2N2S/c1-2-13-4-6-16(22-13)17(21-9-7-20-8-10-21)14-5-3-12(18)11-15(14)19/h3-6,11,17,20H,2,7-10H2,1H3. The van der Waals surface area contributed by atoms with Gasteiger partial charge in [-0.15, -0.1) is 11.3 Å². The van der Waals surface area contributed by atoms with E-state index in [4.69, 9.17) is 0 Å². The lowest BCUT2D eigenvalue weighted by molar-refractivity contribution is 0.197. The van der Waals surface area contributed by atoms with E-state index in [2.05, 4.69) is 29.3 Å². The van der Waals surface area contributed by atoms with Crippen LogP contribution in [0.3, 0.4) is 0 Å². The van der Waals surface area contributed by atoms with Crippen LogP contribution in [0.15, 0.2) is 30.3 Å². The average molecular weight is 322 g/mol. The largest absolute Gasteiger partial charge is 0.314 e. The molecule has 1 aliphatic heterocycles. The van der Waals surface area contributed by atoms with Crippen LogP contribution in [0, 0.1) is 11.6 Å². The van der Waals surface area contributed by atoms with E-state index in [1.807, 2.05) is 0 Å². The lowest BCUT2D eigenvalue weighted by atomic mass is 10.0. The Morgan fingerprint density at radius 3 is 2.59 bits per heavy atom. The van der Waals surface area contributed by atoms with E-state index in [0.29, 0.717) is 5.56 Å². The van der Waals surface area contributed by atoms with Crippen LogP contribution in [0.2, 0.25) is 0 Å². The first-order valence-corrected chi connectivity index (χ1v) is 8.49. The molecular weight excluding hydrogens is 302 g/mol. The Morgan fingerprint density at radius 2 is 1.95 bits per heavy atom. The van der Waals surface area contributed by atoms with Crippen LogP contribution >= 0.6 is 11.3 Å². The van der Waals surface area contributed by atoms with E-state index in [9.17, 15) is 8.78 Å². The topological polar surface area (TPSA) is 15.3 Å². The molecule has 1 saturated heterocycles. The van der Waals surface area contributed by atoms with Gasteiger partial charge in [-0.25, -0.2) is 8.78 Å². The maximum atomic E-state index is 14.4. The summed E-state index contributed by atoms with van der Waals surface area (Å²) >= 11 is 1.72. The average Bonchev–Trinajstić information content (AvgIpc) is 2.99. The highest BCUT2D eigenvalue weighted by Gasteiger charge is 2.27. The second kappa shape index (κ2) is 6.86. The molecule has 118 valence electrons. The van der Waals surface area contributed by atoms with Crippen molar-refractivity contribution in [1.82, 2.24) is 10.2 Å². The van der Waals surface area contributed by atoms with Gasteiger partial charge in [0.25, 0.3) is 0 Å². The Kier molecular flexibility index (Phi) is 4.86. The molecule has 0 saturated carbocycles. The van der Waals surface area contributed by atoms with Gasteiger partial charge in [-0.2, -0.15) is 0 Å². The molecule has 2 aromatic rings. The predicted molar refractivity (Wildman–Crippen MR) is 86.3 cm³/mol. The molecule has 3 rings (SSSR count). The number of nitrogens with one attached hydrogen (secondary N) is 1. The minimum absolute atomic E-state index is 0.131. The van der Waals surface area contributed by atoms with Crippen LogP contribution in [0.4, 0.5) is 8.78 Å². The van der Waals surface area contributed by atoms with Gasteiger partial charge in [-0.05, 0) is 24.6 Å². The van der Waals surface area contributed by atoms with Crippen LogP contribution in [0.25, 0.3) is 0 Å². The first kappa shape index (κ1) is 15.6. The van der Waals surface area contributed by atoms with Crippen LogP contribution in [-0.2, 0) is 6.42 Å². The molecule has 1 unspecified atom stereocenters. The number of halogens is 2. The molecule has 0 aliphatic carbocycles. The van der Waals surface area contributed by atoms with Crippen LogP contribution in [0.1, 0.15) is 28.3 Å². The fourth-order valence-electron chi connectivity index (χ4n) is 2.92. The minimum atomic E-state index is -0.527. The van der Waals surface area contributed by atoms with Gasteiger partial charge >= 0.3 is 0 Å². The molecule has 0 amide bonds. The number of rotatable bonds is 4. The van der Waals surface area contributed by atoms with Gasteiger partial charge in [-0.3, -0.25) is 4.90 Å². The highest BCUT2D eigenvalue weighted by molar-refractivity contribution is 7.12. The molecule has 2 heterocycles. The van der Waals surface area contributed by atoms with Crippen LogP contribution < -0.4 is 5.32 Å². The van der Waals surface area contributed by atoms with Crippen molar-refractivity contribution >= 4 is 11.3 Å². The number of hydrogen-bond acceptors (Lipinski definition) is 3. The zero-order valence-corrected chi connectivity index (χ0v) is 13.4. The molecule has 1 aliphatic rings. The number of thiophene rings is 1. The summed E-state index contributed by atoms with van der Waals surface area (Å²) in [6, 6.07) is 7.98. The molecule has 0 radical (unpaired) electrons. The summed E-state index contributed by atoms with van der Waals surface area (Å²) in [5, 5.41) is 3.32. The van der Waals surface area contributed by atoms with Gasteiger partial charge in [0, 0.05) is 47.6 Å². The maximum absolute atomic E-state index is 14.4. The van der Waals surface area contributed by atoms with Crippen molar-refractivity contribution in [1.29, 1.82) is 0 Å². The molecule has 1 atom stereocenters. The summed E-state index contributed by atoms with van der Waals surface area (Å²) in [5.41, 5.74) is 0.563. The van der Waals surface area contributed by atoms with E-state index >= 15 is 0 Å². The third-order valence-electron chi connectivity index (χ3n) is 4.07. The molecular formula is C17H20F2N2S. The molecule has 0 spiro atoms. The molecule has 22 heavy (non-hydrogen) atoms. The van der Waals surface area contributed by atoms with Crippen molar-refractivity contribution in [2.75, 3.05) is 26.2 Å². The molecule has 1 aromatic heterocycles. The van der Waals surface area contributed by atoms with Crippen molar-refractivity contribution in [3.05, 3.63) is 57.3 Å². The third kappa shape index (κ3) is 3.21. The highest BCUT2D eigenvalue weighted by Crippen LogP contribution is 2.35. The fourth-order valence-corrected chi connectivity index (χ4v) is 4.03. The summed E-state index contributed by atoms with van der Waals surface area (Å²) in [6.45, 7) is 5.63. The quantitative estimate of drug-likeness (QED) is 0.925. The van der Waals surface area contributed by atoms with E-state index in [1.165, 1.54) is 10.9 Å². The first-order valence-electron chi connectivity index (χ1n) is 7.67. The normalized spacial score (nSPS) is 17.6. The van der Waals surface area contributed by atoms with E-state index in [1.54, 1.807) is 17.4 Å². The maximum Gasteiger partial charge on any atom is 0.131 e. The fraction of sp³-hybridized carbons (Fsp3) is 0.412. The summed E-state index contributed by atoms with van der Waals surface area (Å²) in [6.07, 6.45) is 0.977. The molecule has 1 fully saturated rings. The lowest BCUT2D eigenvalue weighted by Crippen LogP contribution is -2.45. The SMILES string of the molecule is CCc1ccc(C(c2ccc(F)cc2F)N2CCNCC2)s1. The Balaban J connectivity index is 2.01. The zero-order valence-electron chi connectivity index (χ0n) is 12.6. The van der Waals surface area contributed by atoms with Gasteiger partial charge in [0.1, 0.15) is 11.6 Å². The number of benzene rings is 1. The van der Waals surface area contributed by atoms with E-state index in [0.717, 1.165) is 43.5 Å². The molecule has 2 nitrogen and oxygen atoms in total. The van der Waals surface area contributed by atoms with Gasteiger partial charge in [-0.1, -0.05) is 13.0 Å². The summed E-state index contributed by atoms with van der Waals surface area (Å²) in [5.74, 6) is -0.990. The Bertz CT molecular complexity index is 635. The number of nitrogens with zero attached hydrogens (tertiary/aromatic N) is 1. The molecule has 1 aromatic carbocycles. The predicted octanol–water partition coefficient (Wildman–Crippen LogP) is 3.58. The van der Waals surface area contributed by atoms with Crippen molar-refractivity contribution in [3.63, 3.8) is 0 Å². The second-order valence-electron chi connectivity index (χ2n) is 5.51. The van der Waals surface area contributed by atoms with Crippen molar-refractivity contribution in [2.24, 2.45) is 0 Å². The van der Waals surface area contributed by atoms with E-state index < -0.39 is 11.6 Å². The van der Waals surface area contributed by atoms with Crippen molar-refractivity contribution < 1.29 is 8.78 Å². The van der Waals surface area contributed by atoms with Gasteiger partial charge in [0.05, 0.1) is 6.04 Å². The Morgan fingerprint density at radius 1 is 1.18 bits per heavy atom. The number of piperazine rings is 1. The second-order valence-corrected chi connectivity index (χ2v) is 6.71. The molecule has 0 bridgehead atoms. The highest BCUT2D eigenvalue weighted by atomic mass is 32.1. The van der Waals surface area contributed by atoms with Gasteiger partial charge in [0.15, 0.2) is 0 Å². The van der Waals surface area contributed by atoms with Crippen molar-refractivity contribution in [3.8, 4) is 0 Å². The monoisotopic (exact) mass is 322 g/mol. The van der Waals surface area contributed by atoms with E-state index in [-0.39, 0.29) is 6.04 Å². The smallest absolute Gasteiger partial charge is 0.131 e. The minimum Gasteiger partial charge on any atom is -0.314 e. The van der Waals surface area contributed by atoms with Crippen LogP contribution in [-0.4, -0.2) is 31.1 Å². The van der Waals surface area contributed by atoms with Crippen LogP contribution in [0.5, 0.6) is 0 Å². The lowest BCUT2D eigenvalue weighted by Gasteiger charge is -2.35. The number of hydrogen-bond donors (Lipinski definition) is 1. The molecule has 1 N–H and O–H groups in total. The Labute approximate surface area is 133 Å². The van der Waals surface area contributed by atoms with Gasteiger partial charge < -0.3 is 5.32 Å². The summed E-state index contributed by atoms with van der Waals surface area (Å²) in [4.78, 5) is 4.69.